The van der Waals surface area contributed by atoms with Crippen LogP contribution in [-0.4, -0.2) is 19.2 Å². The van der Waals surface area contributed by atoms with E-state index in [4.69, 9.17) is 16.3 Å². The van der Waals surface area contributed by atoms with Gasteiger partial charge in [0.05, 0.1) is 5.02 Å². The minimum atomic E-state index is -4.52. The molecule has 1 aliphatic rings. The first-order valence-electron chi connectivity index (χ1n) is 7.52. The van der Waals surface area contributed by atoms with E-state index in [-0.39, 0.29) is 22.8 Å². The molecule has 1 unspecified atom stereocenters. The van der Waals surface area contributed by atoms with Crippen molar-refractivity contribution in [3.05, 3.63) is 28.8 Å². The molecule has 2 nitrogen and oxygen atoms in total. The fourth-order valence-corrected chi connectivity index (χ4v) is 3.11. The molecule has 0 bridgehead atoms. The zero-order valence-electron chi connectivity index (χ0n) is 12.7. The summed E-state index contributed by atoms with van der Waals surface area (Å²) in [6.45, 7) is 5.74. The van der Waals surface area contributed by atoms with Crippen molar-refractivity contribution in [2.45, 2.75) is 39.0 Å². The van der Waals surface area contributed by atoms with Gasteiger partial charge in [-0.25, -0.2) is 0 Å². The maximum absolute atomic E-state index is 13.2. The molecule has 0 spiro atoms. The van der Waals surface area contributed by atoms with Gasteiger partial charge < -0.3 is 10.1 Å². The predicted octanol–water partition coefficient (Wildman–Crippen LogP) is 4.76. The molecule has 1 N–H and O–H groups in total. The topological polar surface area (TPSA) is 21.3 Å². The number of benzene rings is 1. The SMILES string of the molecule is CC(C)C[C@H](Oc1cccc(Cl)c1C(F)(F)F)C1CCNC1. The molecule has 0 radical (unpaired) electrons. The molecule has 0 aliphatic carbocycles. The van der Waals surface area contributed by atoms with Gasteiger partial charge in [0.25, 0.3) is 0 Å². The van der Waals surface area contributed by atoms with Crippen molar-refractivity contribution >= 4 is 11.6 Å². The number of halogens is 4. The fourth-order valence-electron chi connectivity index (χ4n) is 2.84. The molecule has 1 fully saturated rings. The quantitative estimate of drug-likeness (QED) is 0.837. The van der Waals surface area contributed by atoms with Gasteiger partial charge in [0.15, 0.2) is 0 Å². The Morgan fingerprint density at radius 2 is 2.09 bits per heavy atom. The van der Waals surface area contributed by atoms with Gasteiger partial charge in [0.1, 0.15) is 17.4 Å². The third kappa shape index (κ3) is 4.29. The van der Waals surface area contributed by atoms with Crippen molar-refractivity contribution in [2.75, 3.05) is 13.1 Å². The van der Waals surface area contributed by atoms with Crippen molar-refractivity contribution in [1.82, 2.24) is 5.32 Å². The number of hydrogen-bond donors (Lipinski definition) is 1. The Balaban J connectivity index is 2.27. The summed E-state index contributed by atoms with van der Waals surface area (Å²) in [7, 11) is 0. The summed E-state index contributed by atoms with van der Waals surface area (Å²) in [6.07, 6.45) is -3.13. The number of ether oxygens (including phenoxy) is 1. The van der Waals surface area contributed by atoms with Gasteiger partial charge in [-0.2, -0.15) is 13.2 Å². The van der Waals surface area contributed by atoms with Crippen LogP contribution in [0.2, 0.25) is 5.02 Å². The third-order valence-electron chi connectivity index (χ3n) is 3.87. The average Bonchev–Trinajstić information content (AvgIpc) is 2.89. The Morgan fingerprint density at radius 3 is 2.64 bits per heavy atom. The van der Waals surface area contributed by atoms with Gasteiger partial charge in [-0.3, -0.25) is 0 Å². The first-order valence-corrected chi connectivity index (χ1v) is 7.90. The normalized spacial score (nSPS) is 20.4. The summed E-state index contributed by atoms with van der Waals surface area (Å²) in [5.41, 5.74) is -0.878. The molecule has 1 heterocycles. The molecule has 1 saturated heterocycles. The molecule has 0 amide bonds. The lowest BCUT2D eigenvalue weighted by Crippen LogP contribution is -2.31. The smallest absolute Gasteiger partial charge is 0.421 e. The average molecular weight is 336 g/mol. The van der Waals surface area contributed by atoms with Crippen molar-refractivity contribution in [1.29, 1.82) is 0 Å². The molecule has 0 aromatic heterocycles. The molecule has 124 valence electrons. The first kappa shape index (κ1) is 17.4. The van der Waals surface area contributed by atoms with E-state index in [2.05, 4.69) is 5.32 Å². The van der Waals surface area contributed by atoms with Gasteiger partial charge in [-0.05, 0) is 37.4 Å². The number of alkyl halides is 3. The largest absolute Gasteiger partial charge is 0.489 e. The summed E-state index contributed by atoms with van der Waals surface area (Å²) in [4.78, 5) is 0. The van der Waals surface area contributed by atoms with E-state index in [1.54, 1.807) is 0 Å². The number of nitrogens with one attached hydrogen (secondary N) is 1. The fraction of sp³-hybridized carbons (Fsp3) is 0.625. The monoisotopic (exact) mass is 335 g/mol. The third-order valence-corrected chi connectivity index (χ3v) is 4.18. The van der Waals surface area contributed by atoms with E-state index in [9.17, 15) is 13.2 Å². The minimum Gasteiger partial charge on any atom is -0.489 e. The van der Waals surface area contributed by atoms with Crippen molar-refractivity contribution < 1.29 is 17.9 Å². The van der Waals surface area contributed by atoms with Crippen LogP contribution in [0, 0.1) is 11.8 Å². The Kier molecular flexibility index (Phi) is 5.61. The van der Waals surface area contributed by atoms with E-state index >= 15 is 0 Å². The minimum absolute atomic E-state index is 0.169. The van der Waals surface area contributed by atoms with Crippen LogP contribution in [0.5, 0.6) is 5.75 Å². The standard InChI is InChI=1S/C16H21ClF3NO/c1-10(2)8-14(11-6-7-21-9-11)22-13-5-3-4-12(17)15(13)16(18,19)20/h3-5,10-11,14,21H,6-9H2,1-2H3/t11?,14-/m0/s1. The summed E-state index contributed by atoms with van der Waals surface area (Å²) in [5.74, 6) is 0.402. The number of rotatable bonds is 5. The molecule has 1 aromatic rings. The maximum atomic E-state index is 13.2. The summed E-state index contributed by atoms with van der Waals surface area (Å²) >= 11 is 5.75. The van der Waals surface area contributed by atoms with Gasteiger partial charge in [-0.15, -0.1) is 0 Å². The van der Waals surface area contributed by atoms with Crippen LogP contribution < -0.4 is 10.1 Å². The van der Waals surface area contributed by atoms with Crippen molar-refractivity contribution in [2.24, 2.45) is 11.8 Å². The highest BCUT2D eigenvalue weighted by molar-refractivity contribution is 6.31. The van der Waals surface area contributed by atoms with Gasteiger partial charge in [0.2, 0.25) is 0 Å². The van der Waals surface area contributed by atoms with E-state index < -0.39 is 11.7 Å². The van der Waals surface area contributed by atoms with Crippen LogP contribution in [0.4, 0.5) is 13.2 Å². The lowest BCUT2D eigenvalue weighted by atomic mass is 9.93. The first-order chi connectivity index (χ1) is 10.3. The Labute approximate surface area is 134 Å². The molecule has 2 rings (SSSR count). The Morgan fingerprint density at radius 1 is 1.36 bits per heavy atom. The zero-order chi connectivity index (χ0) is 16.3. The lowest BCUT2D eigenvalue weighted by Gasteiger charge is -2.27. The van der Waals surface area contributed by atoms with Crippen LogP contribution >= 0.6 is 11.6 Å². The predicted molar refractivity (Wildman–Crippen MR) is 81.3 cm³/mol. The second-order valence-electron chi connectivity index (χ2n) is 6.15. The van der Waals surface area contributed by atoms with Gasteiger partial charge >= 0.3 is 6.18 Å². The van der Waals surface area contributed by atoms with E-state index in [1.165, 1.54) is 18.2 Å². The van der Waals surface area contributed by atoms with E-state index in [0.29, 0.717) is 5.92 Å². The van der Waals surface area contributed by atoms with Crippen LogP contribution in [0.15, 0.2) is 18.2 Å². The molecule has 0 saturated carbocycles. The molecular weight excluding hydrogens is 315 g/mol. The molecule has 1 aliphatic heterocycles. The van der Waals surface area contributed by atoms with Crippen LogP contribution in [0.1, 0.15) is 32.3 Å². The second-order valence-corrected chi connectivity index (χ2v) is 6.56. The summed E-state index contributed by atoms with van der Waals surface area (Å²) < 4.78 is 45.5. The molecule has 6 heteroatoms. The van der Waals surface area contributed by atoms with Crippen LogP contribution in [0.25, 0.3) is 0 Å². The highest BCUT2D eigenvalue weighted by Crippen LogP contribution is 2.42. The summed E-state index contributed by atoms with van der Waals surface area (Å²) in [6, 6.07) is 4.09. The maximum Gasteiger partial charge on any atom is 0.421 e. The molecular formula is C16H21ClF3NO. The second kappa shape index (κ2) is 7.09. The Bertz CT molecular complexity index is 499. The molecule has 22 heavy (non-hydrogen) atoms. The Hall–Kier alpha value is -0.940. The van der Waals surface area contributed by atoms with Gasteiger partial charge in [-0.1, -0.05) is 31.5 Å². The highest BCUT2D eigenvalue weighted by Gasteiger charge is 2.38. The highest BCUT2D eigenvalue weighted by atomic mass is 35.5. The van der Waals surface area contributed by atoms with Crippen LogP contribution in [0.3, 0.4) is 0 Å². The van der Waals surface area contributed by atoms with E-state index in [0.717, 1.165) is 25.9 Å². The van der Waals surface area contributed by atoms with Crippen molar-refractivity contribution in [3.8, 4) is 5.75 Å². The van der Waals surface area contributed by atoms with E-state index in [1.807, 2.05) is 13.8 Å². The van der Waals surface area contributed by atoms with Crippen molar-refractivity contribution in [3.63, 3.8) is 0 Å². The molecule has 2 atom stereocenters. The summed E-state index contributed by atoms with van der Waals surface area (Å²) in [5, 5.41) is 2.92. The molecule has 1 aromatic carbocycles. The number of hydrogen-bond acceptors (Lipinski definition) is 2. The van der Waals surface area contributed by atoms with Crippen LogP contribution in [-0.2, 0) is 6.18 Å². The lowest BCUT2D eigenvalue weighted by molar-refractivity contribution is -0.139. The zero-order valence-corrected chi connectivity index (χ0v) is 13.5. The van der Waals surface area contributed by atoms with Gasteiger partial charge in [0, 0.05) is 12.5 Å².